The highest BCUT2D eigenvalue weighted by Crippen LogP contribution is 2.25. The van der Waals surface area contributed by atoms with Crippen LogP contribution in [-0.2, 0) is 4.74 Å². The van der Waals surface area contributed by atoms with E-state index >= 15 is 0 Å². The molecule has 0 saturated carbocycles. The summed E-state index contributed by atoms with van der Waals surface area (Å²) in [6.45, 7) is 1.86. The first-order chi connectivity index (χ1) is 12.8. The molecule has 1 saturated heterocycles. The van der Waals surface area contributed by atoms with E-state index in [4.69, 9.17) is 9.47 Å². The van der Waals surface area contributed by atoms with Crippen LogP contribution in [0.3, 0.4) is 0 Å². The van der Waals surface area contributed by atoms with E-state index in [1.807, 2.05) is 42.5 Å². The van der Waals surface area contributed by atoms with Gasteiger partial charge in [-0.1, -0.05) is 24.3 Å². The smallest absolute Gasteiger partial charge is 0.217 e. The Bertz CT molecular complexity index is 841. The van der Waals surface area contributed by atoms with Crippen LogP contribution in [0.25, 0.3) is 11.1 Å². The molecule has 0 bridgehead atoms. The highest BCUT2D eigenvalue weighted by atomic mass is 16.7. The van der Waals surface area contributed by atoms with Gasteiger partial charge in [0.1, 0.15) is 11.5 Å². The van der Waals surface area contributed by atoms with Crippen molar-refractivity contribution < 1.29 is 14.6 Å². The fourth-order valence-corrected chi connectivity index (χ4v) is 2.83. The van der Waals surface area contributed by atoms with E-state index in [0.717, 1.165) is 29.2 Å². The zero-order chi connectivity index (χ0) is 17.8. The fourth-order valence-electron chi connectivity index (χ4n) is 2.83. The Morgan fingerprint density at radius 1 is 1.00 bits per heavy atom. The van der Waals surface area contributed by atoms with Gasteiger partial charge in [-0.2, -0.15) is 0 Å². The van der Waals surface area contributed by atoms with Crippen LogP contribution < -0.4 is 9.64 Å². The maximum atomic E-state index is 9.38. The molecule has 2 aromatic carbocycles. The van der Waals surface area contributed by atoms with E-state index in [1.165, 1.54) is 0 Å². The number of anilines is 1. The molecule has 2 heterocycles. The first-order valence-electron chi connectivity index (χ1n) is 8.35. The molecule has 0 spiro atoms. The molecular weight excluding hydrogens is 332 g/mol. The minimum atomic E-state index is -0.377. The van der Waals surface area contributed by atoms with E-state index in [1.54, 1.807) is 18.3 Å². The molecule has 0 aliphatic carbocycles. The van der Waals surface area contributed by atoms with Crippen LogP contribution in [0, 0.1) is 0 Å². The average molecular weight is 350 g/mol. The highest BCUT2D eigenvalue weighted by molar-refractivity contribution is 5.64. The summed E-state index contributed by atoms with van der Waals surface area (Å²) in [5.74, 6) is 1.76. The number of phenols is 1. The number of aromatic nitrogens is 3. The number of rotatable bonds is 4. The summed E-state index contributed by atoms with van der Waals surface area (Å²) < 4.78 is 11.7. The van der Waals surface area contributed by atoms with Gasteiger partial charge in [-0.3, -0.25) is 0 Å². The van der Waals surface area contributed by atoms with E-state index in [0.29, 0.717) is 13.2 Å². The van der Waals surface area contributed by atoms with Crippen molar-refractivity contribution in [3.8, 4) is 22.6 Å². The number of morpholine rings is 1. The van der Waals surface area contributed by atoms with Gasteiger partial charge in [0, 0.05) is 12.6 Å². The molecule has 1 atom stereocenters. The molecule has 0 radical (unpaired) electrons. The van der Waals surface area contributed by atoms with Crippen LogP contribution >= 0.6 is 0 Å². The zero-order valence-electron chi connectivity index (χ0n) is 14.0. The van der Waals surface area contributed by atoms with Gasteiger partial charge < -0.3 is 19.5 Å². The van der Waals surface area contributed by atoms with E-state index in [9.17, 15) is 5.11 Å². The second-order valence-corrected chi connectivity index (χ2v) is 5.91. The Labute approximate surface area is 150 Å². The quantitative estimate of drug-likeness (QED) is 0.774. The largest absolute Gasteiger partial charge is 0.508 e. The van der Waals surface area contributed by atoms with Crippen LogP contribution in [0.1, 0.15) is 0 Å². The number of nitrogens with zero attached hydrogens (tertiary/aromatic N) is 4. The summed E-state index contributed by atoms with van der Waals surface area (Å²) >= 11 is 0. The van der Waals surface area contributed by atoms with Crippen molar-refractivity contribution >= 4 is 5.82 Å². The fraction of sp³-hybridized carbons (Fsp3) is 0.211. The minimum absolute atomic E-state index is 0.256. The molecule has 132 valence electrons. The monoisotopic (exact) mass is 350 g/mol. The number of hydrogen-bond donors (Lipinski definition) is 1. The third-order valence-electron chi connectivity index (χ3n) is 4.17. The van der Waals surface area contributed by atoms with Crippen LogP contribution in [0.2, 0.25) is 0 Å². The molecule has 1 unspecified atom stereocenters. The molecular formula is C19H18N4O3. The Kier molecular flexibility index (Phi) is 4.61. The third-order valence-corrected chi connectivity index (χ3v) is 4.17. The maximum Gasteiger partial charge on any atom is 0.217 e. The van der Waals surface area contributed by atoms with Crippen LogP contribution in [0.15, 0.2) is 60.8 Å². The third kappa shape index (κ3) is 3.73. The molecule has 1 aliphatic heterocycles. The molecule has 1 N–H and O–H groups in total. The van der Waals surface area contributed by atoms with Crippen molar-refractivity contribution in [1.82, 2.24) is 15.4 Å². The van der Waals surface area contributed by atoms with E-state index in [-0.39, 0.29) is 12.0 Å². The molecule has 7 nitrogen and oxygen atoms in total. The van der Waals surface area contributed by atoms with Crippen LogP contribution in [0.4, 0.5) is 5.82 Å². The molecule has 26 heavy (non-hydrogen) atoms. The molecule has 3 aromatic rings. The molecule has 0 amide bonds. The summed E-state index contributed by atoms with van der Waals surface area (Å²) in [7, 11) is 0. The van der Waals surface area contributed by atoms with Gasteiger partial charge in [-0.15, -0.1) is 10.2 Å². The van der Waals surface area contributed by atoms with Crippen LogP contribution in [0.5, 0.6) is 11.5 Å². The molecule has 7 heteroatoms. The van der Waals surface area contributed by atoms with Crippen molar-refractivity contribution in [2.75, 3.05) is 24.6 Å². The lowest BCUT2D eigenvalue weighted by atomic mass is 10.1. The lowest BCUT2D eigenvalue weighted by Gasteiger charge is -2.33. The van der Waals surface area contributed by atoms with Gasteiger partial charge in [-0.05, 0) is 40.6 Å². The van der Waals surface area contributed by atoms with Crippen molar-refractivity contribution in [3.63, 3.8) is 0 Å². The Balaban J connectivity index is 1.41. The van der Waals surface area contributed by atoms with Gasteiger partial charge in [0.05, 0.1) is 19.3 Å². The van der Waals surface area contributed by atoms with Gasteiger partial charge in [0.15, 0.2) is 5.82 Å². The lowest BCUT2D eigenvalue weighted by Crippen LogP contribution is -2.45. The highest BCUT2D eigenvalue weighted by Gasteiger charge is 2.23. The number of benzene rings is 2. The standard InChI is InChI=1S/C19H18N4O3/c24-16-5-1-14(2-6-16)15-3-7-17(8-4-15)26-19-13-23(11-12-25-19)18-9-10-20-22-21-18/h1-10,19,24H,11-13H2. The number of phenolic OH excluding ortho intramolecular Hbond substituents is 1. The van der Waals surface area contributed by atoms with Crippen molar-refractivity contribution in [2.24, 2.45) is 0 Å². The second-order valence-electron chi connectivity index (χ2n) is 5.91. The number of hydrogen-bond acceptors (Lipinski definition) is 7. The predicted octanol–water partition coefficient (Wildman–Crippen LogP) is 2.49. The van der Waals surface area contributed by atoms with Gasteiger partial charge in [0.2, 0.25) is 6.29 Å². The van der Waals surface area contributed by atoms with Gasteiger partial charge in [-0.25, -0.2) is 0 Å². The minimum Gasteiger partial charge on any atom is -0.508 e. The van der Waals surface area contributed by atoms with E-state index < -0.39 is 0 Å². The van der Waals surface area contributed by atoms with Crippen molar-refractivity contribution in [2.45, 2.75) is 6.29 Å². The Morgan fingerprint density at radius 2 is 1.73 bits per heavy atom. The zero-order valence-corrected chi connectivity index (χ0v) is 14.0. The molecule has 1 fully saturated rings. The van der Waals surface area contributed by atoms with Gasteiger partial charge in [0.25, 0.3) is 0 Å². The predicted molar refractivity (Wildman–Crippen MR) is 96.0 cm³/mol. The van der Waals surface area contributed by atoms with E-state index in [2.05, 4.69) is 20.3 Å². The molecule has 1 aliphatic rings. The topological polar surface area (TPSA) is 80.6 Å². The summed E-state index contributed by atoms with van der Waals surface area (Å²) in [6, 6.07) is 16.7. The first kappa shape index (κ1) is 16.3. The molecule has 4 rings (SSSR count). The number of ether oxygens (including phenoxy) is 2. The summed E-state index contributed by atoms with van der Waals surface area (Å²) in [6.07, 6.45) is 1.24. The second kappa shape index (κ2) is 7.37. The maximum absolute atomic E-state index is 9.38. The van der Waals surface area contributed by atoms with Crippen molar-refractivity contribution in [1.29, 1.82) is 0 Å². The summed E-state index contributed by atoms with van der Waals surface area (Å²) in [5.41, 5.74) is 2.08. The van der Waals surface area contributed by atoms with Crippen LogP contribution in [-0.4, -0.2) is 46.5 Å². The summed E-state index contributed by atoms with van der Waals surface area (Å²) in [5, 5.41) is 20.8. The Hall–Kier alpha value is -3.19. The van der Waals surface area contributed by atoms with Crippen molar-refractivity contribution in [3.05, 3.63) is 60.8 Å². The average Bonchev–Trinajstić information content (AvgIpc) is 2.70. The number of aromatic hydroxyl groups is 1. The SMILES string of the molecule is Oc1ccc(-c2ccc(OC3CN(c4ccnnn4)CCO3)cc2)cc1. The van der Waals surface area contributed by atoms with Gasteiger partial charge >= 0.3 is 0 Å². The first-order valence-corrected chi connectivity index (χ1v) is 8.35. The lowest BCUT2D eigenvalue weighted by molar-refractivity contribution is -0.0865. The normalized spacial score (nSPS) is 17.1. The summed E-state index contributed by atoms with van der Waals surface area (Å²) in [4.78, 5) is 2.06. The Morgan fingerprint density at radius 3 is 2.42 bits per heavy atom. The molecule has 1 aromatic heterocycles.